The first-order valence-corrected chi connectivity index (χ1v) is 5.74. The number of hydrogen-bond donors (Lipinski definition) is 1. The molecule has 1 nitrogen and oxygen atoms in total. The molecule has 0 fully saturated rings. The van der Waals surface area contributed by atoms with Gasteiger partial charge in [0.1, 0.15) is 0 Å². The molecule has 1 aromatic carbocycles. The molecule has 0 radical (unpaired) electrons. The van der Waals surface area contributed by atoms with Gasteiger partial charge in [-0.15, -0.1) is 0 Å². The van der Waals surface area contributed by atoms with Gasteiger partial charge < -0.3 is 5.73 Å². The summed E-state index contributed by atoms with van der Waals surface area (Å²) in [6.45, 7) is 4.56. The van der Waals surface area contributed by atoms with Gasteiger partial charge in [-0.2, -0.15) is 0 Å². The highest BCUT2D eigenvalue weighted by atomic mass is 14.6. The Balaban J connectivity index is 2.49. The van der Waals surface area contributed by atoms with Crippen LogP contribution in [0.4, 0.5) is 5.69 Å². The van der Waals surface area contributed by atoms with Crippen molar-refractivity contribution in [1.29, 1.82) is 0 Å². The maximum absolute atomic E-state index is 6.04. The first-order valence-electron chi connectivity index (χ1n) is 5.74. The Bertz CT molecular complexity index is 390. The van der Waals surface area contributed by atoms with E-state index in [0.717, 1.165) is 5.69 Å². The molecule has 1 aliphatic carbocycles. The molecule has 1 heteroatoms. The maximum Gasteiger partial charge on any atom is 0.0390 e. The molecule has 80 valence electrons. The quantitative estimate of drug-likeness (QED) is 0.686. The number of nitrogens with two attached hydrogens (primary N) is 1. The molecule has 0 aromatic heterocycles. The second-order valence-electron chi connectivity index (χ2n) is 4.57. The van der Waals surface area contributed by atoms with Crippen molar-refractivity contribution in [1.82, 2.24) is 0 Å². The van der Waals surface area contributed by atoms with E-state index in [1.807, 2.05) is 12.1 Å². The van der Waals surface area contributed by atoms with Crippen molar-refractivity contribution in [3.05, 3.63) is 35.4 Å². The lowest BCUT2D eigenvalue weighted by Crippen LogP contribution is -2.08. The Labute approximate surface area is 92.0 Å². The first-order chi connectivity index (χ1) is 7.20. The Kier molecular flexibility index (Phi) is 2.81. The fourth-order valence-electron chi connectivity index (χ4n) is 2.61. The van der Waals surface area contributed by atoms with E-state index in [4.69, 9.17) is 5.73 Å². The van der Waals surface area contributed by atoms with E-state index in [9.17, 15) is 0 Å². The summed E-state index contributed by atoms with van der Waals surface area (Å²) in [5, 5.41) is 0. The van der Waals surface area contributed by atoms with Gasteiger partial charge >= 0.3 is 0 Å². The van der Waals surface area contributed by atoms with Gasteiger partial charge in [0.05, 0.1) is 0 Å². The molecule has 1 aliphatic rings. The molecule has 0 saturated heterocycles. The van der Waals surface area contributed by atoms with Gasteiger partial charge in [-0.05, 0) is 43.7 Å². The Morgan fingerprint density at radius 2 is 2.00 bits per heavy atom. The largest absolute Gasteiger partial charge is 0.398 e. The molecule has 15 heavy (non-hydrogen) atoms. The minimum absolute atomic E-state index is 0.656. The Hall–Kier alpha value is -1.24. The van der Waals surface area contributed by atoms with E-state index in [1.165, 1.54) is 36.0 Å². The average molecular weight is 201 g/mol. The predicted octanol–water partition coefficient (Wildman–Crippen LogP) is 3.86. The first kappa shape index (κ1) is 10.3. The topological polar surface area (TPSA) is 26.0 Å². The van der Waals surface area contributed by atoms with Gasteiger partial charge in [0.25, 0.3) is 0 Å². The van der Waals surface area contributed by atoms with Crippen LogP contribution in [0.15, 0.2) is 29.8 Å². The molecular formula is C14H19N. The van der Waals surface area contributed by atoms with Crippen LogP contribution in [0.5, 0.6) is 0 Å². The number of allylic oxidation sites excluding steroid dienone is 2. The van der Waals surface area contributed by atoms with Gasteiger partial charge in [0, 0.05) is 11.3 Å². The van der Waals surface area contributed by atoms with Crippen molar-refractivity contribution in [2.45, 2.75) is 33.1 Å². The summed E-state index contributed by atoms with van der Waals surface area (Å²) in [6, 6.07) is 8.22. The molecule has 1 aromatic rings. The van der Waals surface area contributed by atoms with E-state index in [0.29, 0.717) is 5.92 Å². The van der Waals surface area contributed by atoms with Crippen LogP contribution < -0.4 is 5.73 Å². The molecule has 1 atom stereocenters. The molecule has 1 unspecified atom stereocenters. The van der Waals surface area contributed by atoms with E-state index in [1.54, 1.807) is 0 Å². The van der Waals surface area contributed by atoms with E-state index < -0.39 is 0 Å². The highest BCUT2D eigenvalue weighted by molar-refractivity contribution is 5.78. The van der Waals surface area contributed by atoms with Gasteiger partial charge in [0.15, 0.2) is 0 Å². The van der Waals surface area contributed by atoms with Crippen LogP contribution in [-0.2, 0) is 0 Å². The Morgan fingerprint density at radius 3 is 2.67 bits per heavy atom. The Morgan fingerprint density at radius 1 is 1.27 bits per heavy atom. The monoisotopic (exact) mass is 201 g/mol. The second-order valence-corrected chi connectivity index (χ2v) is 4.57. The van der Waals surface area contributed by atoms with Crippen LogP contribution >= 0.6 is 0 Å². The minimum Gasteiger partial charge on any atom is -0.398 e. The number of hydrogen-bond acceptors (Lipinski definition) is 1. The van der Waals surface area contributed by atoms with Gasteiger partial charge in [0.2, 0.25) is 0 Å². The summed E-state index contributed by atoms with van der Waals surface area (Å²) in [7, 11) is 0. The lowest BCUT2D eigenvalue weighted by molar-refractivity contribution is 0.586. The zero-order valence-electron chi connectivity index (χ0n) is 9.59. The third kappa shape index (κ3) is 1.92. The van der Waals surface area contributed by atoms with Crippen LogP contribution in [0, 0.1) is 5.92 Å². The zero-order valence-corrected chi connectivity index (χ0v) is 9.59. The summed E-state index contributed by atoms with van der Waals surface area (Å²) in [4.78, 5) is 0. The molecule has 0 bridgehead atoms. The molecular weight excluding hydrogens is 182 g/mol. The third-order valence-electron chi connectivity index (χ3n) is 3.39. The lowest BCUT2D eigenvalue weighted by atomic mass is 9.80. The summed E-state index contributed by atoms with van der Waals surface area (Å²) < 4.78 is 0. The van der Waals surface area contributed by atoms with Crippen LogP contribution in [0.2, 0.25) is 0 Å². The SMILES string of the molecule is CC1=C(c2ccccc2N)C(C)CCC1. The standard InChI is InChI=1S/C14H19N/c1-10-6-5-7-11(2)14(10)12-8-3-4-9-13(12)15/h3-4,8-10H,5-7,15H2,1-2H3. The van der Waals surface area contributed by atoms with Crippen LogP contribution in [0.25, 0.3) is 5.57 Å². The molecule has 2 rings (SSSR count). The van der Waals surface area contributed by atoms with Crippen molar-refractivity contribution >= 4 is 11.3 Å². The average Bonchev–Trinajstić information content (AvgIpc) is 2.20. The van der Waals surface area contributed by atoms with Crippen molar-refractivity contribution in [3.63, 3.8) is 0 Å². The molecule has 0 heterocycles. The van der Waals surface area contributed by atoms with Crippen LogP contribution in [-0.4, -0.2) is 0 Å². The highest BCUT2D eigenvalue weighted by Crippen LogP contribution is 2.38. The number of nitrogen functional groups attached to an aromatic ring is 1. The van der Waals surface area contributed by atoms with Gasteiger partial charge in [-0.25, -0.2) is 0 Å². The van der Waals surface area contributed by atoms with Crippen molar-refractivity contribution in [2.75, 3.05) is 5.73 Å². The zero-order chi connectivity index (χ0) is 10.8. The van der Waals surface area contributed by atoms with Crippen molar-refractivity contribution < 1.29 is 0 Å². The summed E-state index contributed by atoms with van der Waals surface area (Å²) in [6.07, 6.45) is 3.85. The lowest BCUT2D eigenvalue weighted by Gasteiger charge is -2.25. The second kappa shape index (κ2) is 4.09. The summed E-state index contributed by atoms with van der Waals surface area (Å²) >= 11 is 0. The highest BCUT2D eigenvalue weighted by Gasteiger charge is 2.19. The summed E-state index contributed by atoms with van der Waals surface area (Å²) in [5.41, 5.74) is 11.2. The predicted molar refractivity (Wildman–Crippen MR) is 66.5 cm³/mol. The summed E-state index contributed by atoms with van der Waals surface area (Å²) in [5.74, 6) is 0.656. The van der Waals surface area contributed by atoms with Crippen LogP contribution in [0.1, 0.15) is 38.7 Å². The smallest absolute Gasteiger partial charge is 0.0390 e. The van der Waals surface area contributed by atoms with Crippen molar-refractivity contribution in [3.8, 4) is 0 Å². The van der Waals surface area contributed by atoms with Gasteiger partial charge in [-0.3, -0.25) is 0 Å². The van der Waals surface area contributed by atoms with E-state index >= 15 is 0 Å². The number of rotatable bonds is 1. The van der Waals surface area contributed by atoms with E-state index in [2.05, 4.69) is 26.0 Å². The minimum atomic E-state index is 0.656. The fraction of sp³-hybridized carbons (Fsp3) is 0.429. The molecule has 0 amide bonds. The van der Waals surface area contributed by atoms with Crippen molar-refractivity contribution in [2.24, 2.45) is 5.92 Å². The van der Waals surface area contributed by atoms with Gasteiger partial charge in [-0.1, -0.05) is 30.7 Å². The van der Waals surface area contributed by atoms with Crippen LogP contribution in [0.3, 0.4) is 0 Å². The van der Waals surface area contributed by atoms with E-state index in [-0.39, 0.29) is 0 Å². The number of anilines is 1. The molecule has 2 N–H and O–H groups in total. The third-order valence-corrected chi connectivity index (χ3v) is 3.39. The maximum atomic E-state index is 6.04. The molecule has 0 saturated carbocycles. The normalized spacial score (nSPS) is 21.9. The number of para-hydroxylation sites is 1. The molecule has 0 aliphatic heterocycles. The fourth-order valence-corrected chi connectivity index (χ4v) is 2.61. The number of benzene rings is 1. The molecule has 0 spiro atoms.